The highest BCUT2D eigenvalue weighted by molar-refractivity contribution is 6.37. The van der Waals surface area contributed by atoms with Crippen LogP contribution in [0.3, 0.4) is 0 Å². The average molecular weight is 525 g/mol. The van der Waals surface area contributed by atoms with Gasteiger partial charge in [-0.05, 0) is 73.0 Å². The van der Waals surface area contributed by atoms with Crippen molar-refractivity contribution in [1.29, 1.82) is 5.26 Å². The van der Waals surface area contributed by atoms with Gasteiger partial charge in [0, 0.05) is 5.69 Å². The highest BCUT2D eigenvalue weighted by Crippen LogP contribution is 2.35. The van der Waals surface area contributed by atoms with E-state index in [0.717, 1.165) is 5.75 Å². The SMILES string of the molecule is Cc1ccc(OCCOCCOc2c(Cl)cc(/C=C(\C#N)C(=O)Nc3ccccc3)cc2Cl)cc1C. The van der Waals surface area contributed by atoms with E-state index in [1.54, 1.807) is 36.4 Å². The van der Waals surface area contributed by atoms with E-state index in [4.69, 9.17) is 37.4 Å². The zero-order chi connectivity index (χ0) is 25.9. The van der Waals surface area contributed by atoms with Gasteiger partial charge in [0.1, 0.15) is 30.6 Å². The standard InChI is InChI=1S/C28H26Cl2N2O4/c1-19-8-9-24(14-20(19)2)35-12-10-34-11-13-36-27-25(29)16-21(17-26(27)30)15-22(18-31)28(33)32-23-6-4-3-5-7-23/h3-9,14-17H,10-13H2,1-2H3,(H,32,33)/b22-15+. The number of nitrogens with zero attached hydrogens (tertiary/aromatic N) is 1. The van der Waals surface area contributed by atoms with Crippen LogP contribution in [0.15, 0.2) is 66.2 Å². The summed E-state index contributed by atoms with van der Waals surface area (Å²) in [4.78, 5) is 12.4. The van der Waals surface area contributed by atoms with Gasteiger partial charge in [-0.3, -0.25) is 4.79 Å². The number of carbonyl (C=O) groups is 1. The van der Waals surface area contributed by atoms with Crippen LogP contribution in [-0.4, -0.2) is 32.3 Å². The zero-order valence-electron chi connectivity index (χ0n) is 20.0. The molecule has 1 N–H and O–H groups in total. The van der Waals surface area contributed by atoms with E-state index in [2.05, 4.69) is 12.2 Å². The van der Waals surface area contributed by atoms with Crippen LogP contribution < -0.4 is 14.8 Å². The maximum Gasteiger partial charge on any atom is 0.266 e. The normalized spacial score (nSPS) is 11.0. The number of ether oxygens (including phenoxy) is 3. The third-order valence-electron chi connectivity index (χ3n) is 5.18. The Morgan fingerprint density at radius 1 is 0.917 bits per heavy atom. The predicted octanol–water partition coefficient (Wildman–Crippen LogP) is 6.63. The summed E-state index contributed by atoms with van der Waals surface area (Å²) < 4.78 is 16.9. The molecule has 0 aromatic heterocycles. The van der Waals surface area contributed by atoms with Gasteiger partial charge in [0.25, 0.3) is 5.91 Å². The molecule has 0 spiro atoms. The summed E-state index contributed by atoms with van der Waals surface area (Å²) in [5.41, 5.74) is 3.39. The molecule has 0 unspecified atom stereocenters. The summed E-state index contributed by atoms with van der Waals surface area (Å²) in [7, 11) is 0. The van der Waals surface area contributed by atoms with Crippen molar-refractivity contribution in [2.24, 2.45) is 0 Å². The number of carbonyl (C=O) groups excluding carboxylic acids is 1. The van der Waals surface area contributed by atoms with Crippen LogP contribution in [0.4, 0.5) is 5.69 Å². The Bertz CT molecular complexity index is 1250. The fraction of sp³-hybridized carbons (Fsp3) is 0.214. The van der Waals surface area contributed by atoms with E-state index in [-0.39, 0.29) is 22.2 Å². The summed E-state index contributed by atoms with van der Waals surface area (Å²) in [5.74, 6) is 0.579. The Kier molecular flexibility index (Phi) is 10.2. The van der Waals surface area contributed by atoms with Gasteiger partial charge in [-0.2, -0.15) is 5.26 Å². The summed E-state index contributed by atoms with van der Waals surface area (Å²) in [6.45, 7) is 5.48. The van der Waals surface area contributed by atoms with Crippen molar-refractivity contribution in [2.75, 3.05) is 31.7 Å². The van der Waals surface area contributed by atoms with Crippen LogP contribution in [0.1, 0.15) is 16.7 Å². The number of aryl methyl sites for hydroxylation is 2. The molecule has 0 atom stereocenters. The molecule has 0 saturated carbocycles. The molecule has 186 valence electrons. The predicted molar refractivity (Wildman–Crippen MR) is 143 cm³/mol. The molecule has 0 radical (unpaired) electrons. The Balaban J connectivity index is 1.48. The van der Waals surface area contributed by atoms with E-state index >= 15 is 0 Å². The molecule has 0 aliphatic heterocycles. The van der Waals surface area contributed by atoms with Crippen LogP contribution in [0, 0.1) is 25.2 Å². The minimum Gasteiger partial charge on any atom is -0.491 e. The molecule has 3 aromatic rings. The topological polar surface area (TPSA) is 80.6 Å². The molecule has 0 bridgehead atoms. The van der Waals surface area contributed by atoms with Gasteiger partial charge in [0.2, 0.25) is 0 Å². The van der Waals surface area contributed by atoms with Gasteiger partial charge >= 0.3 is 0 Å². The average Bonchev–Trinajstić information content (AvgIpc) is 2.86. The Morgan fingerprint density at radius 2 is 1.58 bits per heavy atom. The van der Waals surface area contributed by atoms with Crippen molar-refractivity contribution < 1.29 is 19.0 Å². The van der Waals surface area contributed by atoms with E-state index < -0.39 is 5.91 Å². The monoisotopic (exact) mass is 524 g/mol. The van der Waals surface area contributed by atoms with E-state index in [9.17, 15) is 10.1 Å². The lowest BCUT2D eigenvalue weighted by atomic mass is 10.1. The molecule has 0 aliphatic carbocycles. The third kappa shape index (κ3) is 8.03. The molecular weight excluding hydrogens is 499 g/mol. The first-order valence-corrected chi connectivity index (χ1v) is 12.0. The minimum absolute atomic E-state index is 0.0870. The Labute approximate surface area is 221 Å². The van der Waals surface area contributed by atoms with Crippen molar-refractivity contribution in [1.82, 2.24) is 0 Å². The van der Waals surface area contributed by atoms with Gasteiger partial charge in [-0.15, -0.1) is 0 Å². The second kappa shape index (κ2) is 13.6. The first-order chi connectivity index (χ1) is 17.4. The quantitative estimate of drug-likeness (QED) is 0.173. The molecule has 3 rings (SSSR count). The maximum absolute atomic E-state index is 12.4. The highest BCUT2D eigenvalue weighted by atomic mass is 35.5. The van der Waals surface area contributed by atoms with Gasteiger partial charge in [-0.1, -0.05) is 47.5 Å². The molecule has 8 heteroatoms. The number of anilines is 1. The van der Waals surface area contributed by atoms with Crippen molar-refractivity contribution >= 4 is 40.9 Å². The first-order valence-electron chi connectivity index (χ1n) is 11.2. The van der Waals surface area contributed by atoms with Gasteiger partial charge < -0.3 is 19.5 Å². The molecular formula is C28H26Cl2N2O4. The Morgan fingerprint density at radius 3 is 2.22 bits per heavy atom. The van der Waals surface area contributed by atoms with Crippen LogP contribution >= 0.6 is 23.2 Å². The molecule has 0 aliphatic rings. The maximum atomic E-state index is 12.4. The van der Waals surface area contributed by atoms with Crippen molar-refractivity contribution in [2.45, 2.75) is 13.8 Å². The van der Waals surface area contributed by atoms with E-state index in [1.807, 2.05) is 37.3 Å². The lowest BCUT2D eigenvalue weighted by Crippen LogP contribution is -2.13. The molecule has 1 amide bonds. The Hall–Kier alpha value is -3.50. The third-order valence-corrected chi connectivity index (χ3v) is 5.74. The van der Waals surface area contributed by atoms with Crippen LogP contribution in [0.25, 0.3) is 6.08 Å². The largest absolute Gasteiger partial charge is 0.491 e. The number of amides is 1. The summed E-state index contributed by atoms with van der Waals surface area (Å²) in [6.07, 6.45) is 1.42. The fourth-order valence-electron chi connectivity index (χ4n) is 3.16. The summed E-state index contributed by atoms with van der Waals surface area (Å²) in [6, 6.07) is 19.9. The van der Waals surface area contributed by atoms with Gasteiger partial charge in [0.05, 0.1) is 23.3 Å². The number of para-hydroxylation sites is 1. The van der Waals surface area contributed by atoms with Crippen LogP contribution in [0.2, 0.25) is 10.0 Å². The van der Waals surface area contributed by atoms with Gasteiger partial charge in [0.15, 0.2) is 5.75 Å². The number of benzene rings is 3. The van der Waals surface area contributed by atoms with Gasteiger partial charge in [-0.25, -0.2) is 0 Å². The van der Waals surface area contributed by atoms with E-state index in [0.29, 0.717) is 36.8 Å². The lowest BCUT2D eigenvalue weighted by Gasteiger charge is -2.12. The fourth-order valence-corrected chi connectivity index (χ4v) is 3.78. The lowest BCUT2D eigenvalue weighted by molar-refractivity contribution is -0.112. The molecule has 0 heterocycles. The number of hydrogen-bond acceptors (Lipinski definition) is 5. The second-order valence-electron chi connectivity index (χ2n) is 7.86. The van der Waals surface area contributed by atoms with E-state index in [1.165, 1.54) is 17.2 Å². The van der Waals surface area contributed by atoms with Crippen LogP contribution in [-0.2, 0) is 9.53 Å². The summed E-state index contributed by atoms with van der Waals surface area (Å²) >= 11 is 12.7. The molecule has 3 aromatic carbocycles. The van der Waals surface area contributed by atoms with Crippen molar-refractivity contribution in [3.8, 4) is 17.6 Å². The summed E-state index contributed by atoms with van der Waals surface area (Å²) in [5, 5.41) is 12.6. The number of nitrogens with one attached hydrogen (secondary N) is 1. The molecule has 6 nitrogen and oxygen atoms in total. The number of nitriles is 1. The smallest absolute Gasteiger partial charge is 0.266 e. The molecule has 0 fully saturated rings. The molecule has 36 heavy (non-hydrogen) atoms. The number of rotatable bonds is 11. The minimum atomic E-state index is -0.532. The van der Waals surface area contributed by atoms with Crippen LogP contribution in [0.5, 0.6) is 11.5 Å². The number of hydrogen-bond donors (Lipinski definition) is 1. The zero-order valence-corrected chi connectivity index (χ0v) is 21.5. The molecule has 0 saturated heterocycles. The second-order valence-corrected chi connectivity index (χ2v) is 8.67. The highest BCUT2D eigenvalue weighted by Gasteiger charge is 2.13. The number of halogens is 2. The van der Waals surface area contributed by atoms with Crippen molar-refractivity contribution in [3.05, 3.63) is 93.0 Å². The first kappa shape index (κ1) is 27.1. The van der Waals surface area contributed by atoms with Crippen molar-refractivity contribution in [3.63, 3.8) is 0 Å².